The van der Waals surface area contributed by atoms with Crippen molar-refractivity contribution in [3.05, 3.63) is 36.9 Å². The molecular formula is C19H23N3O3. The summed E-state index contributed by atoms with van der Waals surface area (Å²) in [4.78, 5) is 16.2. The Balaban J connectivity index is 1.34. The highest BCUT2D eigenvalue weighted by Crippen LogP contribution is 2.39. The first kappa shape index (κ1) is 16.1. The number of benzene rings is 1. The number of nitrogens with zero attached hydrogens (tertiary/aromatic N) is 1. The zero-order valence-electron chi connectivity index (χ0n) is 14.2. The predicted molar refractivity (Wildman–Crippen MR) is 94.3 cm³/mol. The van der Waals surface area contributed by atoms with Crippen molar-refractivity contribution in [2.75, 3.05) is 11.9 Å². The fraction of sp³-hybridized carbons (Fsp3) is 0.474. The number of nitrogens with one attached hydrogen (secondary N) is 2. The number of ether oxygens (including phenoxy) is 1. The minimum absolute atomic E-state index is 0.00238. The molecule has 0 bridgehead atoms. The van der Waals surface area contributed by atoms with Crippen LogP contribution in [0.3, 0.4) is 0 Å². The molecule has 1 saturated heterocycles. The summed E-state index contributed by atoms with van der Waals surface area (Å²) in [6, 6.07) is 7.40. The van der Waals surface area contributed by atoms with E-state index in [2.05, 4.69) is 15.6 Å². The largest absolute Gasteiger partial charge is 0.444 e. The van der Waals surface area contributed by atoms with Crippen molar-refractivity contribution in [1.29, 1.82) is 0 Å². The van der Waals surface area contributed by atoms with Gasteiger partial charge in [0.2, 0.25) is 0 Å². The van der Waals surface area contributed by atoms with Crippen LogP contribution < -0.4 is 10.6 Å². The van der Waals surface area contributed by atoms with E-state index < -0.39 is 0 Å². The lowest BCUT2D eigenvalue weighted by atomic mass is 9.82. The molecule has 1 aliphatic heterocycles. The first-order valence-corrected chi connectivity index (χ1v) is 8.93. The molecule has 2 heterocycles. The van der Waals surface area contributed by atoms with Crippen molar-refractivity contribution < 1.29 is 13.9 Å². The summed E-state index contributed by atoms with van der Waals surface area (Å²) in [5.74, 6) is 0.674. The van der Waals surface area contributed by atoms with Crippen molar-refractivity contribution in [3.63, 3.8) is 0 Å². The van der Waals surface area contributed by atoms with Gasteiger partial charge in [-0.3, -0.25) is 0 Å². The number of anilines is 1. The Hall–Kier alpha value is -2.34. The first-order chi connectivity index (χ1) is 12.2. The van der Waals surface area contributed by atoms with Gasteiger partial charge in [0.15, 0.2) is 12.2 Å². The van der Waals surface area contributed by atoms with E-state index in [1.807, 2.05) is 24.3 Å². The van der Waals surface area contributed by atoms with Crippen LogP contribution >= 0.6 is 0 Å². The van der Waals surface area contributed by atoms with Gasteiger partial charge in [0.05, 0.1) is 24.4 Å². The van der Waals surface area contributed by atoms with Crippen LogP contribution in [0.4, 0.5) is 10.5 Å². The van der Waals surface area contributed by atoms with E-state index >= 15 is 0 Å². The number of hydrogen-bond donors (Lipinski definition) is 2. The van der Waals surface area contributed by atoms with Gasteiger partial charge in [-0.2, -0.15) is 0 Å². The van der Waals surface area contributed by atoms with Crippen LogP contribution in [0.2, 0.25) is 0 Å². The molecule has 1 spiro atoms. The van der Waals surface area contributed by atoms with Gasteiger partial charge < -0.3 is 19.8 Å². The van der Waals surface area contributed by atoms with Gasteiger partial charge in [-0.05, 0) is 31.4 Å². The van der Waals surface area contributed by atoms with E-state index in [1.165, 1.54) is 25.7 Å². The zero-order chi connectivity index (χ0) is 17.1. The Morgan fingerprint density at radius 2 is 2.12 bits per heavy atom. The van der Waals surface area contributed by atoms with Crippen LogP contribution in [0, 0.1) is 0 Å². The molecular weight excluding hydrogens is 318 g/mol. The maximum absolute atomic E-state index is 12.3. The van der Waals surface area contributed by atoms with Gasteiger partial charge in [-0.1, -0.05) is 31.4 Å². The Kier molecular flexibility index (Phi) is 4.44. The van der Waals surface area contributed by atoms with Crippen molar-refractivity contribution in [1.82, 2.24) is 10.3 Å². The predicted octanol–water partition coefficient (Wildman–Crippen LogP) is 3.95. The number of oxazole rings is 1. The molecule has 2 aliphatic rings. The molecule has 2 aromatic rings. The number of carbonyl (C=O) groups is 1. The topological polar surface area (TPSA) is 76.4 Å². The van der Waals surface area contributed by atoms with E-state index in [1.54, 1.807) is 6.20 Å². The van der Waals surface area contributed by atoms with Crippen LogP contribution in [0.15, 0.2) is 41.3 Å². The van der Waals surface area contributed by atoms with Crippen LogP contribution in [-0.2, 0) is 4.74 Å². The average molecular weight is 341 g/mol. The standard InChI is InChI=1S/C19H23N3O3/c23-18(22-16-10-19(25-12-16)7-2-1-3-8-19)21-15-6-4-5-14(9-15)17-11-20-13-24-17/h4-6,9,11,13,16H,1-3,7-8,10,12H2,(H2,21,22,23)/t16-/m0/s1. The molecule has 1 aliphatic carbocycles. The summed E-state index contributed by atoms with van der Waals surface area (Å²) in [7, 11) is 0. The molecule has 4 rings (SSSR count). The zero-order valence-corrected chi connectivity index (χ0v) is 14.2. The van der Waals surface area contributed by atoms with Crippen molar-refractivity contribution >= 4 is 11.7 Å². The molecule has 1 atom stereocenters. The summed E-state index contributed by atoms with van der Waals surface area (Å²) in [5, 5.41) is 5.94. The molecule has 6 nitrogen and oxygen atoms in total. The second kappa shape index (κ2) is 6.88. The van der Waals surface area contributed by atoms with E-state index in [4.69, 9.17) is 9.15 Å². The molecule has 2 fully saturated rings. The van der Waals surface area contributed by atoms with E-state index in [-0.39, 0.29) is 17.7 Å². The molecule has 2 amide bonds. The number of amides is 2. The lowest BCUT2D eigenvalue weighted by Gasteiger charge is -2.32. The van der Waals surface area contributed by atoms with Gasteiger partial charge >= 0.3 is 6.03 Å². The van der Waals surface area contributed by atoms with E-state index in [0.29, 0.717) is 12.4 Å². The molecule has 6 heteroatoms. The molecule has 132 valence electrons. The summed E-state index contributed by atoms with van der Waals surface area (Å²) < 4.78 is 11.3. The maximum Gasteiger partial charge on any atom is 0.319 e. The minimum atomic E-state index is -0.198. The molecule has 25 heavy (non-hydrogen) atoms. The lowest BCUT2D eigenvalue weighted by Crippen LogP contribution is -2.39. The van der Waals surface area contributed by atoms with Gasteiger partial charge in [-0.15, -0.1) is 0 Å². The highest BCUT2D eigenvalue weighted by atomic mass is 16.5. The first-order valence-electron chi connectivity index (χ1n) is 8.93. The third-order valence-corrected chi connectivity index (χ3v) is 5.15. The molecule has 0 unspecified atom stereocenters. The fourth-order valence-electron chi connectivity index (χ4n) is 3.94. The van der Waals surface area contributed by atoms with Gasteiger partial charge in [-0.25, -0.2) is 9.78 Å². The van der Waals surface area contributed by atoms with Gasteiger partial charge in [0.1, 0.15) is 0 Å². The maximum atomic E-state index is 12.3. The summed E-state index contributed by atoms with van der Waals surface area (Å²) in [6.07, 6.45) is 9.95. The van der Waals surface area contributed by atoms with Gasteiger partial charge in [0.25, 0.3) is 0 Å². The second-order valence-electron chi connectivity index (χ2n) is 7.00. The molecule has 2 N–H and O–H groups in total. The lowest BCUT2D eigenvalue weighted by molar-refractivity contribution is -0.0245. The highest BCUT2D eigenvalue weighted by molar-refractivity contribution is 5.90. The smallest absolute Gasteiger partial charge is 0.319 e. The normalized spacial score (nSPS) is 22.0. The number of urea groups is 1. The van der Waals surface area contributed by atoms with Crippen LogP contribution in [0.1, 0.15) is 38.5 Å². The molecule has 0 radical (unpaired) electrons. The Bertz CT molecular complexity index is 723. The van der Waals surface area contributed by atoms with Crippen molar-refractivity contribution in [3.8, 4) is 11.3 Å². The van der Waals surface area contributed by atoms with Gasteiger partial charge in [0, 0.05) is 11.3 Å². The number of aromatic nitrogens is 1. The SMILES string of the molecule is O=C(Nc1cccc(-c2cnco2)c1)N[C@@H]1COC2(CCCCC2)C1. The Labute approximate surface area is 147 Å². The number of rotatable bonds is 3. The fourth-order valence-corrected chi connectivity index (χ4v) is 3.94. The Morgan fingerprint density at radius 3 is 2.92 bits per heavy atom. The number of hydrogen-bond acceptors (Lipinski definition) is 4. The third-order valence-electron chi connectivity index (χ3n) is 5.15. The molecule has 1 aromatic heterocycles. The molecule has 1 aromatic carbocycles. The summed E-state index contributed by atoms with van der Waals surface area (Å²) in [5.41, 5.74) is 1.60. The van der Waals surface area contributed by atoms with E-state index in [0.717, 1.165) is 30.5 Å². The van der Waals surface area contributed by atoms with Crippen LogP contribution in [-0.4, -0.2) is 29.3 Å². The molecule has 1 saturated carbocycles. The summed E-state index contributed by atoms with van der Waals surface area (Å²) >= 11 is 0. The Morgan fingerprint density at radius 1 is 1.24 bits per heavy atom. The van der Waals surface area contributed by atoms with Crippen molar-refractivity contribution in [2.45, 2.75) is 50.2 Å². The van der Waals surface area contributed by atoms with Crippen LogP contribution in [0.25, 0.3) is 11.3 Å². The van der Waals surface area contributed by atoms with Crippen LogP contribution in [0.5, 0.6) is 0 Å². The van der Waals surface area contributed by atoms with Crippen molar-refractivity contribution in [2.24, 2.45) is 0 Å². The third kappa shape index (κ3) is 3.69. The second-order valence-corrected chi connectivity index (χ2v) is 7.00. The number of carbonyl (C=O) groups excluding carboxylic acids is 1. The summed E-state index contributed by atoms with van der Waals surface area (Å²) in [6.45, 7) is 0.603. The minimum Gasteiger partial charge on any atom is -0.444 e. The quantitative estimate of drug-likeness (QED) is 0.886. The highest BCUT2D eigenvalue weighted by Gasteiger charge is 2.41. The van der Waals surface area contributed by atoms with E-state index in [9.17, 15) is 4.79 Å². The average Bonchev–Trinajstić information content (AvgIpc) is 3.27. The monoisotopic (exact) mass is 341 g/mol.